The SMILES string of the molecule is COc1cc(/C=C2/SC(=S)N(c3ccccc3)C2=O)ccc1OCc1ccccc1C. The van der Waals surface area contributed by atoms with Crippen LogP contribution < -0.4 is 14.4 Å². The summed E-state index contributed by atoms with van der Waals surface area (Å²) in [6, 6.07) is 23.2. The zero-order valence-electron chi connectivity index (χ0n) is 17.2. The minimum atomic E-state index is -0.125. The number of carbonyl (C=O) groups is 1. The molecule has 0 aromatic heterocycles. The van der Waals surface area contributed by atoms with Crippen molar-refractivity contribution < 1.29 is 14.3 Å². The first-order valence-electron chi connectivity index (χ1n) is 9.75. The first-order valence-corrected chi connectivity index (χ1v) is 11.0. The van der Waals surface area contributed by atoms with Crippen LogP contribution in [-0.2, 0) is 11.4 Å². The van der Waals surface area contributed by atoms with Gasteiger partial charge in [-0.25, -0.2) is 0 Å². The maximum absolute atomic E-state index is 12.9. The fourth-order valence-corrected chi connectivity index (χ4v) is 4.54. The molecule has 0 aliphatic carbocycles. The largest absolute Gasteiger partial charge is 0.493 e. The third-order valence-electron chi connectivity index (χ3n) is 4.94. The molecule has 4 nitrogen and oxygen atoms in total. The van der Waals surface area contributed by atoms with Gasteiger partial charge in [-0.2, -0.15) is 0 Å². The monoisotopic (exact) mass is 447 g/mol. The number of thioether (sulfide) groups is 1. The van der Waals surface area contributed by atoms with Gasteiger partial charge in [-0.1, -0.05) is 72.5 Å². The molecule has 31 heavy (non-hydrogen) atoms. The van der Waals surface area contributed by atoms with Crippen LogP contribution >= 0.6 is 24.0 Å². The van der Waals surface area contributed by atoms with Crippen LogP contribution in [0.25, 0.3) is 6.08 Å². The Morgan fingerprint density at radius 3 is 2.48 bits per heavy atom. The van der Waals surface area contributed by atoms with Crippen molar-refractivity contribution in [1.82, 2.24) is 0 Å². The first-order chi connectivity index (χ1) is 15.1. The first kappa shape index (κ1) is 21.2. The number of methoxy groups -OCH3 is 1. The summed E-state index contributed by atoms with van der Waals surface area (Å²) in [6.45, 7) is 2.52. The lowest BCUT2D eigenvalue weighted by atomic mass is 10.1. The molecule has 0 N–H and O–H groups in total. The van der Waals surface area contributed by atoms with Gasteiger partial charge in [0.25, 0.3) is 5.91 Å². The van der Waals surface area contributed by atoms with Crippen molar-refractivity contribution in [3.05, 3.63) is 94.4 Å². The molecule has 3 aromatic carbocycles. The standard InChI is InChI=1S/C25H21NO3S2/c1-17-8-6-7-9-19(17)16-29-21-13-12-18(14-22(21)28-2)15-23-24(27)26(25(30)31-23)20-10-4-3-5-11-20/h3-15H,16H2,1-2H3/b23-15+. The van der Waals surface area contributed by atoms with Crippen LogP contribution in [0.3, 0.4) is 0 Å². The number of nitrogens with zero attached hydrogens (tertiary/aromatic N) is 1. The van der Waals surface area contributed by atoms with Gasteiger partial charge < -0.3 is 9.47 Å². The number of anilines is 1. The molecule has 1 amide bonds. The highest BCUT2D eigenvalue weighted by atomic mass is 32.2. The van der Waals surface area contributed by atoms with Gasteiger partial charge >= 0.3 is 0 Å². The lowest BCUT2D eigenvalue weighted by molar-refractivity contribution is -0.113. The Bertz CT molecular complexity index is 1160. The molecule has 1 heterocycles. The summed E-state index contributed by atoms with van der Waals surface area (Å²) in [4.78, 5) is 15.1. The second-order valence-electron chi connectivity index (χ2n) is 6.98. The predicted octanol–water partition coefficient (Wildman–Crippen LogP) is 5.99. The van der Waals surface area contributed by atoms with Crippen LogP contribution in [0.4, 0.5) is 5.69 Å². The van der Waals surface area contributed by atoms with Crippen LogP contribution in [0.5, 0.6) is 11.5 Å². The van der Waals surface area contributed by atoms with Gasteiger partial charge in [0.15, 0.2) is 15.8 Å². The molecular weight excluding hydrogens is 426 g/mol. The highest BCUT2D eigenvalue weighted by molar-refractivity contribution is 8.27. The highest BCUT2D eigenvalue weighted by Gasteiger charge is 2.33. The number of ether oxygens (including phenoxy) is 2. The number of carbonyl (C=O) groups excluding carboxylic acids is 1. The van der Waals surface area contributed by atoms with E-state index in [0.29, 0.717) is 27.3 Å². The van der Waals surface area contributed by atoms with Crippen molar-refractivity contribution in [3.63, 3.8) is 0 Å². The molecule has 156 valence electrons. The van der Waals surface area contributed by atoms with E-state index in [4.69, 9.17) is 21.7 Å². The van der Waals surface area contributed by atoms with Gasteiger partial charge in [-0.15, -0.1) is 0 Å². The lowest BCUT2D eigenvalue weighted by Gasteiger charge is -2.14. The minimum Gasteiger partial charge on any atom is -0.493 e. The van der Waals surface area contributed by atoms with E-state index in [1.807, 2.05) is 72.8 Å². The van der Waals surface area contributed by atoms with Crippen LogP contribution in [0, 0.1) is 6.92 Å². The maximum Gasteiger partial charge on any atom is 0.270 e. The van der Waals surface area contributed by atoms with Crippen molar-refractivity contribution in [2.24, 2.45) is 0 Å². The van der Waals surface area contributed by atoms with Gasteiger partial charge in [0.1, 0.15) is 6.61 Å². The Morgan fingerprint density at radius 1 is 1.00 bits per heavy atom. The lowest BCUT2D eigenvalue weighted by Crippen LogP contribution is -2.27. The average molecular weight is 448 g/mol. The molecule has 1 saturated heterocycles. The zero-order valence-corrected chi connectivity index (χ0v) is 18.8. The average Bonchev–Trinajstić information content (AvgIpc) is 3.07. The number of para-hydroxylation sites is 1. The smallest absolute Gasteiger partial charge is 0.270 e. The Balaban J connectivity index is 1.54. The number of hydrogen-bond acceptors (Lipinski definition) is 5. The van der Waals surface area contributed by atoms with Crippen molar-refractivity contribution >= 4 is 46.0 Å². The van der Waals surface area contributed by atoms with E-state index in [2.05, 4.69) is 13.0 Å². The Hall–Kier alpha value is -3.09. The van der Waals surface area contributed by atoms with Crippen LogP contribution in [0.15, 0.2) is 77.7 Å². The van der Waals surface area contributed by atoms with E-state index in [1.54, 1.807) is 12.0 Å². The van der Waals surface area contributed by atoms with Crippen molar-refractivity contribution in [3.8, 4) is 11.5 Å². The predicted molar refractivity (Wildman–Crippen MR) is 131 cm³/mol. The van der Waals surface area contributed by atoms with Gasteiger partial charge in [0, 0.05) is 0 Å². The number of aryl methyl sites for hydroxylation is 1. The summed E-state index contributed by atoms with van der Waals surface area (Å²) in [5.41, 5.74) is 3.91. The molecule has 0 radical (unpaired) electrons. The van der Waals surface area contributed by atoms with E-state index < -0.39 is 0 Å². The van der Waals surface area contributed by atoms with E-state index in [1.165, 1.54) is 17.3 Å². The summed E-state index contributed by atoms with van der Waals surface area (Å²) in [7, 11) is 1.61. The van der Waals surface area contributed by atoms with Crippen LogP contribution in [0.1, 0.15) is 16.7 Å². The summed E-state index contributed by atoms with van der Waals surface area (Å²) in [6.07, 6.45) is 1.83. The molecule has 0 bridgehead atoms. The fourth-order valence-electron chi connectivity index (χ4n) is 3.24. The quantitative estimate of drug-likeness (QED) is 0.343. The second kappa shape index (κ2) is 9.37. The molecule has 0 atom stereocenters. The second-order valence-corrected chi connectivity index (χ2v) is 8.65. The third kappa shape index (κ3) is 4.65. The molecule has 3 aromatic rings. The topological polar surface area (TPSA) is 38.8 Å². The van der Waals surface area contributed by atoms with E-state index in [9.17, 15) is 4.79 Å². The summed E-state index contributed by atoms with van der Waals surface area (Å²) < 4.78 is 12.0. The van der Waals surface area contributed by atoms with Crippen LogP contribution in [-0.4, -0.2) is 17.3 Å². The summed E-state index contributed by atoms with van der Waals surface area (Å²) in [5.74, 6) is 1.14. The Labute approximate surface area is 191 Å². The molecule has 1 aliphatic rings. The van der Waals surface area contributed by atoms with E-state index in [-0.39, 0.29) is 5.91 Å². The Morgan fingerprint density at radius 2 is 1.74 bits per heavy atom. The van der Waals surface area contributed by atoms with E-state index in [0.717, 1.165) is 16.8 Å². The third-order valence-corrected chi connectivity index (χ3v) is 6.24. The van der Waals surface area contributed by atoms with Gasteiger partial charge in [0.2, 0.25) is 0 Å². The van der Waals surface area contributed by atoms with Gasteiger partial charge in [-0.05, 0) is 54.0 Å². The number of amides is 1. The molecule has 0 spiro atoms. The molecule has 6 heteroatoms. The molecule has 4 rings (SSSR count). The van der Waals surface area contributed by atoms with Crippen molar-refractivity contribution in [1.29, 1.82) is 0 Å². The Kier molecular flexibility index (Phi) is 6.39. The van der Waals surface area contributed by atoms with Crippen LogP contribution in [0.2, 0.25) is 0 Å². The highest BCUT2D eigenvalue weighted by Crippen LogP contribution is 2.37. The molecular formula is C25H21NO3S2. The molecule has 1 fully saturated rings. The molecule has 0 unspecified atom stereocenters. The molecule has 0 saturated carbocycles. The number of thiocarbonyl (C=S) groups is 1. The number of hydrogen-bond donors (Lipinski definition) is 0. The molecule has 1 aliphatic heterocycles. The number of rotatable bonds is 6. The van der Waals surface area contributed by atoms with Gasteiger partial charge in [0.05, 0.1) is 17.7 Å². The normalized spacial score (nSPS) is 14.9. The van der Waals surface area contributed by atoms with Crippen molar-refractivity contribution in [2.75, 3.05) is 12.0 Å². The van der Waals surface area contributed by atoms with E-state index >= 15 is 0 Å². The van der Waals surface area contributed by atoms with Gasteiger partial charge in [-0.3, -0.25) is 9.69 Å². The number of benzene rings is 3. The summed E-state index contributed by atoms with van der Waals surface area (Å²) in [5, 5.41) is 0. The fraction of sp³-hybridized carbons (Fsp3) is 0.120. The summed E-state index contributed by atoms with van der Waals surface area (Å²) >= 11 is 6.73. The maximum atomic E-state index is 12.9. The zero-order chi connectivity index (χ0) is 21.8. The van der Waals surface area contributed by atoms with Crippen molar-refractivity contribution in [2.45, 2.75) is 13.5 Å². The minimum absolute atomic E-state index is 0.125.